The molecule has 3 N–H and O–H groups in total. The lowest BCUT2D eigenvalue weighted by molar-refractivity contribution is -0.143. The van der Waals surface area contributed by atoms with Gasteiger partial charge in [0.15, 0.2) is 5.76 Å². The molecule has 0 saturated heterocycles. The Kier molecular flexibility index (Phi) is 6.19. The maximum absolute atomic E-state index is 12.0. The number of furan rings is 1. The monoisotopic (exact) mass is 322 g/mol. The Labute approximate surface area is 134 Å². The predicted molar refractivity (Wildman–Crippen MR) is 81.8 cm³/mol. The van der Waals surface area contributed by atoms with Gasteiger partial charge in [0.05, 0.1) is 12.2 Å². The number of hydrogen-bond acceptors (Lipinski definition) is 4. The topological polar surface area (TPSA) is 109 Å². The average Bonchev–Trinajstić information content (AvgIpc) is 2.94. The van der Waals surface area contributed by atoms with Gasteiger partial charge in [-0.3, -0.25) is 14.4 Å². The van der Waals surface area contributed by atoms with Crippen LogP contribution < -0.4 is 10.6 Å². The molecule has 0 spiro atoms. The number of aliphatic carboxylic acids is 1. The molecule has 0 aliphatic heterocycles. The molecule has 0 radical (unpaired) electrons. The van der Waals surface area contributed by atoms with Gasteiger partial charge < -0.3 is 20.2 Å². The van der Waals surface area contributed by atoms with Crippen molar-refractivity contribution in [1.29, 1.82) is 0 Å². The number of amides is 2. The Hall–Kier alpha value is -2.31. The van der Waals surface area contributed by atoms with Crippen LogP contribution in [0.15, 0.2) is 22.8 Å². The molecule has 126 valence electrons. The minimum atomic E-state index is -0.858. The molecule has 1 heterocycles. The van der Waals surface area contributed by atoms with Crippen LogP contribution in [0.4, 0.5) is 0 Å². The molecule has 1 aliphatic rings. The molecule has 1 aromatic rings. The summed E-state index contributed by atoms with van der Waals surface area (Å²) in [5, 5.41) is 14.7. The summed E-state index contributed by atoms with van der Waals surface area (Å²) in [5.74, 6) is -1.81. The van der Waals surface area contributed by atoms with E-state index in [-0.39, 0.29) is 36.6 Å². The third-order valence-corrected chi connectivity index (χ3v) is 4.06. The summed E-state index contributed by atoms with van der Waals surface area (Å²) in [5.41, 5.74) is 0. The lowest BCUT2D eigenvalue weighted by atomic mass is 9.95. The van der Waals surface area contributed by atoms with Gasteiger partial charge in [0.2, 0.25) is 5.91 Å². The molecule has 1 saturated carbocycles. The van der Waals surface area contributed by atoms with E-state index in [1.807, 2.05) is 0 Å². The van der Waals surface area contributed by atoms with Gasteiger partial charge in [0.25, 0.3) is 5.91 Å². The van der Waals surface area contributed by atoms with E-state index in [1.165, 1.54) is 6.26 Å². The smallest absolute Gasteiger partial charge is 0.308 e. The molecule has 1 aromatic heterocycles. The minimum absolute atomic E-state index is 0.106. The van der Waals surface area contributed by atoms with E-state index in [1.54, 1.807) is 12.1 Å². The maximum atomic E-state index is 12.0. The lowest BCUT2D eigenvalue weighted by Gasteiger charge is -2.22. The van der Waals surface area contributed by atoms with Gasteiger partial charge in [-0.05, 0) is 25.0 Å². The summed E-state index contributed by atoms with van der Waals surface area (Å²) in [7, 11) is 0. The van der Waals surface area contributed by atoms with Crippen LogP contribution in [0.5, 0.6) is 0 Å². The van der Waals surface area contributed by atoms with Crippen LogP contribution in [-0.2, 0) is 9.59 Å². The zero-order valence-electron chi connectivity index (χ0n) is 12.9. The third-order valence-electron chi connectivity index (χ3n) is 4.06. The highest BCUT2D eigenvalue weighted by Gasteiger charge is 2.30. The Balaban J connectivity index is 1.76. The quantitative estimate of drug-likeness (QED) is 0.689. The van der Waals surface area contributed by atoms with Crippen molar-refractivity contribution in [3.63, 3.8) is 0 Å². The van der Waals surface area contributed by atoms with Gasteiger partial charge in [0, 0.05) is 19.0 Å². The van der Waals surface area contributed by atoms with Crippen LogP contribution in [0.3, 0.4) is 0 Å². The summed E-state index contributed by atoms with van der Waals surface area (Å²) < 4.78 is 4.95. The first kappa shape index (κ1) is 17.1. The number of carbonyl (C=O) groups excluding carboxylic acids is 2. The van der Waals surface area contributed by atoms with Crippen molar-refractivity contribution in [3.8, 4) is 0 Å². The second-order valence-electron chi connectivity index (χ2n) is 5.74. The fourth-order valence-corrected chi connectivity index (χ4v) is 2.84. The van der Waals surface area contributed by atoms with Gasteiger partial charge in [-0.15, -0.1) is 0 Å². The number of carbonyl (C=O) groups is 3. The number of hydrogen-bond donors (Lipinski definition) is 3. The normalized spacial score (nSPS) is 21.2. The fourth-order valence-electron chi connectivity index (χ4n) is 2.84. The van der Waals surface area contributed by atoms with Gasteiger partial charge in [0.1, 0.15) is 0 Å². The molecule has 23 heavy (non-hydrogen) atoms. The van der Waals surface area contributed by atoms with Crippen LogP contribution in [0, 0.1) is 5.92 Å². The predicted octanol–water partition coefficient (Wildman–Crippen LogP) is 1.55. The van der Waals surface area contributed by atoms with E-state index in [0.717, 1.165) is 19.3 Å². The van der Waals surface area contributed by atoms with Crippen LogP contribution in [0.25, 0.3) is 0 Å². The van der Waals surface area contributed by atoms with Crippen molar-refractivity contribution in [1.82, 2.24) is 10.6 Å². The SMILES string of the molecule is O=C(CCNC(=O)c1ccco1)N[C@H]1CCCCC[C@H]1C(=O)O. The van der Waals surface area contributed by atoms with Crippen molar-refractivity contribution in [2.75, 3.05) is 6.54 Å². The zero-order chi connectivity index (χ0) is 16.7. The fraction of sp³-hybridized carbons (Fsp3) is 0.562. The molecule has 2 atom stereocenters. The molecule has 2 amide bonds. The standard InChI is InChI=1S/C16H22N2O5/c19-14(8-9-17-15(20)13-7-4-10-23-13)18-12-6-3-1-2-5-11(12)16(21)22/h4,7,10-12H,1-3,5-6,8-9H2,(H,17,20)(H,18,19)(H,21,22)/t11-,12+/m1/s1. The highest BCUT2D eigenvalue weighted by molar-refractivity contribution is 5.91. The zero-order valence-corrected chi connectivity index (χ0v) is 12.9. The van der Waals surface area contributed by atoms with E-state index >= 15 is 0 Å². The molecule has 7 heteroatoms. The largest absolute Gasteiger partial charge is 0.481 e. The molecular weight excluding hydrogens is 300 g/mol. The van der Waals surface area contributed by atoms with Crippen LogP contribution in [-0.4, -0.2) is 35.5 Å². The van der Waals surface area contributed by atoms with Crippen LogP contribution in [0.1, 0.15) is 49.1 Å². The average molecular weight is 322 g/mol. The van der Waals surface area contributed by atoms with Crippen LogP contribution >= 0.6 is 0 Å². The Morgan fingerprint density at radius 1 is 1.22 bits per heavy atom. The molecule has 1 aliphatic carbocycles. The molecule has 0 bridgehead atoms. The first-order valence-corrected chi connectivity index (χ1v) is 7.92. The molecule has 7 nitrogen and oxygen atoms in total. The summed E-state index contributed by atoms with van der Waals surface area (Å²) in [6.45, 7) is 0.176. The van der Waals surface area contributed by atoms with E-state index in [4.69, 9.17) is 4.42 Å². The van der Waals surface area contributed by atoms with E-state index in [9.17, 15) is 19.5 Å². The first-order valence-electron chi connectivity index (χ1n) is 7.92. The maximum Gasteiger partial charge on any atom is 0.308 e. The van der Waals surface area contributed by atoms with Crippen molar-refractivity contribution in [2.45, 2.75) is 44.6 Å². The van der Waals surface area contributed by atoms with Crippen LogP contribution in [0.2, 0.25) is 0 Å². The summed E-state index contributed by atoms with van der Waals surface area (Å²) in [4.78, 5) is 34.9. The van der Waals surface area contributed by atoms with Crippen molar-refractivity contribution in [2.24, 2.45) is 5.92 Å². The van der Waals surface area contributed by atoms with Crippen molar-refractivity contribution >= 4 is 17.8 Å². The Morgan fingerprint density at radius 2 is 2.00 bits per heavy atom. The second kappa shape index (κ2) is 8.36. The molecule has 0 aromatic carbocycles. The highest BCUT2D eigenvalue weighted by atomic mass is 16.4. The minimum Gasteiger partial charge on any atom is -0.481 e. The third kappa shape index (κ3) is 5.12. The molecule has 2 rings (SSSR count). The van der Waals surface area contributed by atoms with Gasteiger partial charge in [-0.1, -0.05) is 19.3 Å². The van der Waals surface area contributed by atoms with E-state index in [2.05, 4.69) is 10.6 Å². The van der Waals surface area contributed by atoms with Crippen molar-refractivity contribution in [3.05, 3.63) is 24.2 Å². The first-order chi connectivity index (χ1) is 11.1. The Bertz CT molecular complexity index is 541. The van der Waals surface area contributed by atoms with Gasteiger partial charge >= 0.3 is 5.97 Å². The van der Waals surface area contributed by atoms with E-state index < -0.39 is 11.9 Å². The number of nitrogens with one attached hydrogen (secondary N) is 2. The van der Waals surface area contributed by atoms with Crippen molar-refractivity contribution < 1.29 is 23.9 Å². The highest BCUT2D eigenvalue weighted by Crippen LogP contribution is 2.23. The summed E-state index contributed by atoms with van der Waals surface area (Å²) in [6.07, 6.45) is 5.58. The molecular formula is C16H22N2O5. The van der Waals surface area contributed by atoms with E-state index in [0.29, 0.717) is 12.8 Å². The van der Waals surface area contributed by atoms with Gasteiger partial charge in [-0.2, -0.15) is 0 Å². The summed E-state index contributed by atoms with van der Waals surface area (Å²) in [6, 6.07) is 2.82. The number of rotatable bonds is 6. The molecule has 1 fully saturated rings. The molecule has 0 unspecified atom stereocenters. The Morgan fingerprint density at radius 3 is 2.70 bits per heavy atom. The second-order valence-corrected chi connectivity index (χ2v) is 5.74. The number of carboxylic acids is 1. The summed E-state index contributed by atoms with van der Waals surface area (Å²) >= 11 is 0. The van der Waals surface area contributed by atoms with Gasteiger partial charge in [-0.25, -0.2) is 0 Å². The number of carboxylic acid groups (broad SMARTS) is 1. The lowest BCUT2D eigenvalue weighted by Crippen LogP contribution is -2.43.